The third-order valence-electron chi connectivity index (χ3n) is 3.26. The number of aromatic nitrogens is 2. The lowest BCUT2D eigenvalue weighted by atomic mass is 10.2. The summed E-state index contributed by atoms with van der Waals surface area (Å²) in [5.41, 5.74) is 0.933. The van der Waals surface area contributed by atoms with Gasteiger partial charge in [0.25, 0.3) is 5.22 Å². The summed E-state index contributed by atoms with van der Waals surface area (Å²) in [4.78, 5) is 11.7. The molecule has 1 heterocycles. The van der Waals surface area contributed by atoms with Gasteiger partial charge in [-0.25, -0.2) is 9.18 Å². The molecule has 0 bridgehead atoms. The van der Waals surface area contributed by atoms with E-state index in [-0.39, 0.29) is 12.2 Å². The predicted molar refractivity (Wildman–Crippen MR) is 99.9 cm³/mol. The van der Waals surface area contributed by atoms with Gasteiger partial charge < -0.3 is 9.15 Å². The first kappa shape index (κ1) is 19.0. The minimum Gasteiger partial charge on any atom is -0.449 e. The normalized spacial score (nSPS) is 10.1. The molecule has 0 aliphatic heterocycles. The van der Waals surface area contributed by atoms with Gasteiger partial charge in [-0.15, -0.1) is 10.2 Å². The molecule has 0 amide bonds. The average Bonchev–Trinajstić information content (AvgIpc) is 3.14. The van der Waals surface area contributed by atoms with Crippen molar-refractivity contribution in [2.24, 2.45) is 0 Å². The van der Waals surface area contributed by atoms with Crippen LogP contribution in [0, 0.1) is 17.7 Å². The molecule has 136 valence electrons. The lowest BCUT2D eigenvalue weighted by Crippen LogP contribution is -2.05. The summed E-state index contributed by atoms with van der Waals surface area (Å²) in [6.07, 6.45) is 0. The maximum Gasteiger partial charge on any atom is 0.339 e. The third kappa shape index (κ3) is 5.33. The summed E-state index contributed by atoms with van der Waals surface area (Å²) in [6.45, 7) is -0.0640. The molecule has 0 fully saturated rings. The van der Waals surface area contributed by atoms with Crippen molar-refractivity contribution in [3.63, 3.8) is 0 Å². The summed E-state index contributed by atoms with van der Waals surface area (Å²) in [5, 5.41) is 8.78. The Labute approximate surface area is 163 Å². The molecule has 5 nitrogen and oxygen atoms in total. The second-order valence-electron chi connectivity index (χ2n) is 5.08. The molecule has 27 heavy (non-hydrogen) atoms. The number of halogens is 2. The monoisotopic (exact) mass is 402 g/mol. The van der Waals surface area contributed by atoms with E-state index in [1.165, 1.54) is 36.0 Å². The molecule has 0 saturated heterocycles. The summed E-state index contributed by atoms with van der Waals surface area (Å²) < 4.78 is 23.3. The number of carbonyl (C=O) groups is 1. The molecule has 0 unspecified atom stereocenters. The molecule has 2 aromatic carbocycles. The maximum absolute atomic E-state index is 12.8. The SMILES string of the molecule is O=C(OCC#CCSc1nnc(-c2ccccc2Cl)o1)c1ccc(F)cc1. The van der Waals surface area contributed by atoms with E-state index in [0.29, 0.717) is 27.5 Å². The Hall–Kier alpha value is -2.82. The highest BCUT2D eigenvalue weighted by atomic mass is 35.5. The van der Waals surface area contributed by atoms with Crippen LogP contribution in [0.25, 0.3) is 11.5 Å². The lowest BCUT2D eigenvalue weighted by Gasteiger charge is -2.00. The van der Waals surface area contributed by atoms with Crippen molar-refractivity contribution in [3.8, 4) is 23.3 Å². The molecule has 0 spiro atoms. The Morgan fingerprint density at radius 3 is 2.70 bits per heavy atom. The second kappa shape index (κ2) is 9.21. The van der Waals surface area contributed by atoms with Gasteiger partial charge >= 0.3 is 5.97 Å². The number of hydrogen-bond donors (Lipinski definition) is 0. The molecule has 3 rings (SSSR count). The number of esters is 1. The molecule has 0 N–H and O–H groups in total. The molecule has 1 aromatic heterocycles. The van der Waals surface area contributed by atoms with E-state index in [9.17, 15) is 9.18 Å². The van der Waals surface area contributed by atoms with E-state index in [1.54, 1.807) is 12.1 Å². The van der Waals surface area contributed by atoms with E-state index < -0.39 is 11.8 Å². The topological polar surface area (TPSA) is 65.2 Å². The van der Waals surface area contributed by atoms with Gasteiger partial charge in [0.2, 0.25) is 5.89 Å². The lowest BCUT2D eigenvalue weighted by molar-refractivity contribution is 0.0556. The maximum atomic E-state index is 12.8. The fraction of sp³-hybridized carbons (Fsp3) is 0.105. The fourth-order valence-corrected chi connectivity index (χ4v) is 2.73. The van der Waals surface area contributed by atoms with Crippen LogP contribution in [0.1, 0.15) is 10.4 Å². The van der Waals surface area contributed by atoms with Crippen molar-refractivity contribution < 1.29 is 18.3 Å². The highest BCUT2D eigenvalue weighted by Gasteiger charge is 2.11. The second-order valence-corrected chi connectivity index (χ2v) is 6.41. The minimum absolute atomic E-state index is 0.0640. The number of hydrogen-bond acceptors (Lipinski definition) is 6. The van der Waals surface area contributed by atoms with Crippen LogP contribution in [-0.4, -0.2) is 28.5 Å². The molecule has 0 aliphatic rings. The van der Waals surface area contributed by atoms with Gasteiger partial charge in [-0.2, -0.15) is 0 Å². The first-order valence-corrected chi connectivity index (χ1v) is 9.09. The molecule has 8 heteroatoms. The van der Waals surface area contributed by atoms with Crippen molar-refractivity contribution in [1.82, 2.24) is 10.2 Å². The first-order valence-electron chi connectivity index (χ1n) is 7.73. The van der Waals surface area contributed by atoms with Crippen molar-refractivity contribution in [3.05, 3.63) is 64.9 Å². The number of nitrogens with zero attached hydrogens (tertiary/aromatic N) is 2. The van der Waals surface area contributed by atoms with Gasteiger partial charge in [0.05, 0.1) is 21.9 Å². The number of rotatable bonds is 5. The quantitative estimate of drug-likeness (QED) is 0.356. The largest absolute Gasteiger partial charge is 0.449 e. The number of carbonyl (C=O) groups excluding carboxylic acids is 1. The highest BCUT2D eigenvalue weighted by Crippen LogP contribution is 2.28. The van der Waals surface area contributed by atoms with E-state index in [4.69, 9.17) is 20.8 Å². The predicted octanol–water partition coefficient (Wildman–Crippen LogP) is 4.48. The molecule has 0 radical (unpaired) electrons. The standard InChI is InChI=1S/C19H12ClFN2O3S/c20-16-6-2-1-5-15(16)17-22-23-19(26-17)27-12-4-3-11-25-18(24)13-7-9-14(21)10-8-13/h1-2,5-10H,11-12H2. The van der Waals surface area contributed by atoms with Gasteiger partial charge in [-0.05, 0) is 36.4 Å². The summed E-state index contributed by atoms with van der Waals surface area (Å²) in [5.74, 6) is 5.30. The van der Waals surface area contributed by atoms with Crippen LogP contribution in [0.3, 0.4) is 0 Å². The molecule has 0 saturated carbocycles. The molecular formula is C19H12ClFN2O3S. The zero-order chi connectivity index (χ0) is 19.1. The van der Waals surface area contributed by atoms with Crippen LogP contribution in [0.4, 0.5) is 4.39 Å². The van der Waals surface area contributed by atoms with Gasteiger partial charge in [0.15, 0.2) is 6.61 Å². The first-order chi connectivity index (χ1) is 13.1. The fourth-order valence-electron chi connectivity index (χ4n) is 1.98. The van der Waals surface area contributed by atoms with Crippen molar-refractivity contribution >= 4 is 29.3 Å². The van der Waals surface area contributed by atoms with Crippen LogP contribution >= 0.6 is 23.4 Å². The molecule has 0 atom stereocenters. The van der Waals surface area contributed by atoms with Crippen LogP contribution < -0.4 is 0 Å². The van der Waals surface area contributed by atoms with E-state index in [1.807, 2.05) is 12.1 Å². The van der Waals surface area contributed by atoms with Crippen LogP contribution in [0.5, 0.6) is 0 Å². The zero-order valence-electron chi connectivity index (χ0n) is 13.8. The van der Waals surface area contributed by atoms with Crippen molar-refractivity contribution in [1.29, 1.82) is 0 Å². The smallest absolute Gasteiger partial charge is 0.339 e. The van der Waals surface area contributed by atoms with Crippen LogP contribution in [0.15, 0.2) is 58.2 Å². The van der Waals surface area contributed by atoms with Crippen LogP contribution in [0.2, 0.25) is 5.02 Å². The van der Waals surface area contributed by atoms with Crippen molar-refractivity contribution in [2.45, 2.75) is 5.22 Å². The Kier molecular flexibility index (Phi) is 6.47. The summed E-state index contributed by atoms with van der Waals surface area (Å²) in [7, 11) is 0. The van der Waals surface area contributed by atoms with Crippen LogP contribution in [-0.2, 0) is 4.74 Å². The van der Waals surface area contributed by atoms with E-state index >= 15 is 0 Å². The summed E-state index contributed by atoms with van der Waals surface area (Å²) in [6, 6.07) is 12.3. The van der Waals surface area contributed by atoms with Gasteiger partial charge in [0, 0.05) is 0 Å². The van der Waals surface area contributed by atoms with Gasteiger partial charge in [0.1, 0.15) is 5.82 Å². The Morgan fingerprint density at radius 2 is 1.93 bits per heavy atom. The van der Waals surface area contributed by atoms with Crippen molar-refractivity contribution in [2.75, 3.05) is 12.4 Å². The van der Waals surface area contributed by atoms with Gasteiger partial charge in [-0.1, -0.05) is 47.3 Å². The Bertz CT molecular complexity index is 996. The zero-order valence-corrected chi connectivity index (χ0v) is 15.4. The highest BCUT2D eigenvalue weighted by molar-refractivity contribution is 7.99. The van der Waals surface area contributed by atoms with E-state index in [0.717, 1.165) is 0 Å². The molecular weight excluding hydrogens is 391 g/mol. The average molecular weight is 403 g/mol. The Balaban J connectivity index is 1.45. The Morgan fingerprint density at radius 1 is 1.15 bits per heavy atom. The van der Waals surface area contributed by atoms with Gasteiger partial charge in [-0.3, -0.25) is 0 Å². The number of benzene rings is 2. The van der Waals surface area contributed by atoms with E-state index in [2.05, 4.69) is 22.0 Å². The molecule has 0 aliphatic carbocycles. The summed E-state index contributed by atoms with van der Waals surface area (Å²) >= 11 is 7.35. The third-order valence-corrected chi connectivity index (χ3v) is 4.29. The molecule has 3 aromatic rings. The number of thioether (sulfide) groups is 1. The minimum atomic E-state index is -0.557. The number of ether oxygens (including phenoxy) is 1.